The third-order valence-electron chi connectivity index (χ3n) is 3.18. The summed E-state index contributed by atoms with van der Waals surface area (Å²) in [4.78, 5) is 13.3. The summed E-state index contributed by atoms with van der Waals surface area (Å²) in [7, 11) is 1.83. The van der Waals surface area contributed by atoms with Crippen molar-refractivity contribution >= 4 is 5.91 Å². The van der Waals surface area contributed by atoms with E-state index in [0.717, 1.165) is 12.8 Å². The van der Waals surface area contributed by atoms with E-state index in [0.29, 0.717) is 0 Å². The third-order valence-corrected chi connectivity index (χ3v) is 3.18. The van der Waals surface area contributed by atoms with Crippen LogP contribution in [0.2, 0.25) is 0 Å². The zero-order valence-corrected chi connectivity index (χ0v) is 10.9. The van der Waals surface area contributed by atoms with E-state index >= 15 is 0 Å². The van der Waals surface area contributed by atoms with Crippen molar-refractivity contribution in [2.24, 2.45) is 5.73 Å². The molecule has 0 radical (unpaired) electrons. The number of hydrogen-bond donors (Lipinski definition) is 1. The van der Waals surface area contributed by atoms with E-state index in [1.165, 1.54) is 11.1 Å². The Hall–Kier alpha value is -1.35. The molecule has 0 saturated heterocycles. The highest BCUT2D eigenvalue weighted by molar-refractivity contribution is 5.78. The number of nitrogens with zero attached hydrogens (tertiary/aromatic N) is 1. The Morgan fingerprint density at radius 3 is 2.41 bits per heavy atom. The maximum absolute atomic E-state index is 11.6. The molecule has 3 heteroatoms. The maximum atomic E-state index is 11.6. The highest BCUT2D eigenvalue weighted by Crippen LogP contribution is 2.12. The van der Waals surface area contributed by atoms with E-state index < -0.39 is 0 Å². The lowest BCUT2D eigenvalue weighted by Crippen LogP contribution is -2.41. The van der Waals surface area contributed by atoms with Crippen LogP contribution in [0, 0.1) is 6.92 Å². The van der Waals surface area contributed by atoms with Crippen LogP contribution in [-0.4, -0.2) is 30.4 Å². The summed E-state index contributed by atoms with van der Waals surface area (Å²) in [5, 5.41) is 0. The lowest BCUT2D eigenvalue weighted by Gasteiger charge is -2.27. The second-order valence-electron chi connectivity index (χ2n) is 4.46. The molecular formula is C14H22N2O. The summed E-state index contributed by atoms with van der Waals surface area (Å²) in [5.74, 6) is 0.00367. The predicted molar refractivity (Wildman–Crippen MR) is 70.8 cm³/mol. The van der Waals surface area contributed by atoms with Gasteiger partial charge in [0.1, 0.15) is 0 Å². The Bertz CT molecular complexity index is 359. The number of benzene rings is 1. The normalized spacial score (nSPS) is 12.2. The number of hydrogen-bond acceptors (Lipinski definition) is 2. The van der Waals surface area contributed by atoms with Crippen LogP contribution in [0.3, 0.4) is 0 Å². The fourth-order valence-corrected chi connectivity index (χ4v) is 1.90. The van der Waals surface area contributed by atoms with Crippen LogP contribution < -0.4 is 5.73 Å². The highest BCUT2D eigenvalue weighted by atomic mass is 16.2. The lowest BCUT2D eigenvalue weighted by molar-refractivity contribution is -0.130. The molecule has 1 aromatic rings. The Morgan fingerprint density at radius 1 is 1.35 bits per heavy atom. The van der Waals surface area contributed by atoms with E-state index in [4.69, 9.17) is 5.73 Å². The quantitative estimate of drug-likeness (QED) is 0.843. The summed E-state index contributed by atoms with van der Waals surface area (Å²) in [6.45, 7) is 4.26. The minimum atomic E-state index is 0.00367. The summed E-state index contributed by atoms with van der Waals surface area (Å²) in [6, 6.07) is 8.69. The van der Waals surface area contributed by atoms with Gasteiger partial charge in [-0.05, 0) is 25.3 Å². The number of likely N-dealkylation sites (N-methyl/N-ethyl adjacent to an activating group) is 1. The molecule has 0 aliphatic carbocycles. The van der Waals surface area contributed by atoms with Crippen molar-refractivity contribution in [1.29, 1.82) is 0 Å². The molecule has 3 nitrogen and oxygen atoms in total. The van der Waals surface area contributed by atoms with E-state index in [2.05, 4.69) is 38.1 Å². The molecule has 1 unspecified atom stereocenters. The molecule has 0 bridgehead atoms. The van der Waals surface area contributed by atoms with Crippen LogP contribution >= 0.6 is 0 Å². The Labute approximate surface area is 104 Å². The first kappa shape index (κ1) is 13.7. The summed E-state index contributed by atoms with van der Waals surface area (Å²) >= 11 is 0. The van der Waals surface area contributed by atoms with Crippen molar-refractivity contribution in [2.45, 2.75) is 32.7 Å². The standard InChI is InChI=1S/C14H22N2O/c1-4-13(16(3)14(17)10-15)9-12-7-5-11(2)6-8-12/h5-8,13H,4,9-10,15H2,1-3H3. The number of nitrogens with two attached hydrogens (primary N) is 1. The van der Waals surface area contributed by atoms with E-state index in [1.54, 1.807) is 4.90 Å². The van der Waals surface area contributed by atoms with Gasteiger partial charge in [-0.3, -0.25) is 4.79 Å². The van der Waals surface area contributed by atoms with Gasteiger partial charge in [-0.1, -0.05) is 36.8 Å². The van der Waals surface area contributed by atoms with Gasteiger partial charge < -0.3 is 10.6 Å². The molecular weight excluding hydrogens is 212 g/mol. The molecule has 1 amide bonds. The minimum absolute atomic E-state index is 0.00367. The Kier molecular flexibility index (Phi) is 5.16. The van der Waals surface area contributed by atoms with Gasteiger partial charge in [0.2, 0.25) is 5.91 Å². The molecule has 0 aliphatic heterocycles. The molecule has 1 atom stereocenters. The molecule has 0 heterocycles. The molecule has 0 aromatic heterocycles. The summed E-state index contributed by atoms with van der Waals surface area (Å²) in [5.41, 5.74) is 7.91. The van der Waals surface area contributed by atoms with Crippen molar-refractivity contribution in [3.8, 4) is 0 Å². The first-order valence-corrected chi connectivity index (χ1v) is 6.09. The first-order chi connectivity index (χ1) is 8.08. The van der Waals surface area contributed by atoms with Gasteiger partial charge in [-0.25, -0.2) is 0 Å². The molecule has 0 aliphatic rings. The van der Waals surface area contributed by atoms with Crippen LogP contribution in [0.15, 0.2) is 24.3 Å². The SMILES string of the molecule is CCC(Cc1ccc(C)cc1)N(C)C(=O)CN. The second kappa shape index (κ2) is 6.40. The number of amides is 1. The predicted octanol–water partition coefficient (Wildman–Crippen LogP) is 1.73. The topological polar surface area (TPSA) is 46.3 Å². The summed E-state index contributed by atoms with van der Waals surface area (Å²) < 4.78 is 0. The first-order valence-electron chi connectivity index (χ1n) is 6.09. The van der Waals surface area contributed by atoms with E-state index in [9.17, 15) is 4.79 Å². The van der Waals surface area contributed by atoms with Gasteiger partial charge in [0.15, 0.2) is 0 Å². The number of rotatable bonds is 5. The largest absolute Gasteiger partial charge is 0.341 e. The zero-order valence-electron chi connectivity index (χ0n) is 10.9. The van der Waals surface area contributed by atoms with E-state index in [1.807, 2.05) is 7.05 Å². The van der Waals surface area contributed by atoms with Gasteiger partial charge in [0, 0.05) is 13.1 Å². The van der Waals surface area contributed by atoms with Crippen molar-refractivity contribution in [2.75, 3.05) is 13.6 Å². The van der Waals surface area contributed by atoms with Crippen LogP contribution in [0.25, 0.3) is 0 Å². The second-order valence-corrected chi connectivity index (χ2v) is 4.46. The lowest BCUT2D eigenvalue weighted by atomic mass is 10.0. The third kappa shape index (κ3) is 3.86. The number of aryl methyl sites for hydroxylation is 1. The molecule has 2 N–H and O–H groups in total. The minimum Gasteiger partial charge on any atom is -0.341 e. The Morgan fingerprint density at radius 2 is 1.94 bits per heavy atom. The van der Waals surface area contributed by atoms with Gasteiger partial charge in [-0.15, -0.1) is 0 Å². The molecule has 0 spiro atoms. The number of carbonyl (C=O) groups excluding carboxylic acids is 1. The molecule has 94 valence electrons. The van der Waals surface area contributed by atoms with Crippen LogP contribution in [0.5, 0.6) is 0 Å². The monoisotopic (exact) mass is 234 g/mol. The van der Waals surface area contributed by atoms with Gasteiger partial charge in [0.05, 0.1) is 6.54 Å². The van der Waals surface area contributed by atoms with Gasteiger partial charge in [-0.2, -0.15) is 0 Å². The van der Waals surface area contributed by atoms with E-state index in [-0.39, 0.29) is 18.5 Å². The van der Waals surface area contributed by atoms with Gasteiger partial charge in [0.25, 0.3) is 0 Å². The molecule has 0 fully saturated rings. The Balaban J connectivity index is 2.69. The highest BCUT2D eigenvalue weighted by Gasteiger charge is 2.17. The average Bonchev–Trinajstić information content (AvgIpc) is 2.36. The van der Waals surface area contributed by atoms with Gasteiger partial charge >= 0.3 is 0 Å². The summed E-state index contributed by atoms with van der Waals surface area (Å²) in [6.07, 6.45) is 1.83. The van der Waals surface area contributed by atoms with Crippen molar-refractivity contribution in [1.82, 2.24) is 4.90 Å². The zero-order chi connectivity index (χ0) is 12.8. The maximum Gasteiger partial charge on any atom is 0.236 e. The molecule has 17 heavy (non-hydrogen) atoms. The molecule has 0 saturated carbocycles. The molecule has 1 aromatic carbocycles. The van der Waals surface area contributed by atoms with Crippen molar-refractivity contribution in [3.05, 3.63) is 35.4 Å². The van der Waals surface area contributed by atoms with Crippen LogP contribution in [-0.2, 0) is 11.2 Å². The smallest absolute Gasteiger partial charge is 0.236 e. The van der Waals surface area contributed by atoms with Crippen molar-refractivity contribution in [3.63, 3.8) is 0 Å². The van der Waals surface area contributed by atoms with Crippen LogP contribution in [0.4, 0.5) is 0 Å². The average molecular weight is 234 g/mol. The fraction of sp³-hybridized carbons (Fsp3) is 0.500. The number of carbonyl (C=O) groups is 1. The fourth-order valence-electron chi connectivity index (χ4n) is 1.90. The van der Waals surface area contributed by atoms with Crippen molar-refractivity contribution < 1.29 is 4.79 Å². The van der Waals surface area contributed by atoms with Crippen LogP contribution in [0.1, 0.15) is 24.5 Å². The molecule has 1 rings (SSSR count).